The monoisotopic (exact) mass is 433 g/mol. The maximum Gasteiger partial charge on any atom is 0.236 e. The van der Waals surface area contributed by atoms with Crippen LogP contribution in [0, 0.1) is 5.92 Å². The van der Waals surface area contributed by atoms with Gasteiger partial charge in [0.05, 0.1) is 20.8 Å². The molecule has 30 heavy (non-hydrogen) atoms. The lowest BCUT2D eigenvalue weighted by molar-refractivity contribution is -0.131. The Hall–Kier alpha value is -2.28. The van der Waals surface area contributed by atoms with Crippen molar-refractivity contribution in [2.24, 2.45) is 11.7 Å². The van der Waals surface area contributed by atoms with Crippen LogP contribution in [-0.2, 0) is 11.3 Å². The predicted octanol–water partition coefficient (Wildman–Crippen LogP) is 2.76. The molecule has 0 spiro atoms. The first kappa shape index (κ1) is 24.0. The van der Waals surface area contributed by atoms with Crippen molar-refractivity contribution in [2.45, 2.75) is 12.5 Å². The Bertz CT molecular complexity index is 819. The molecule has 0 aromatic heterocycles. The zero-order valence-electron chi connectivity index (χ0n) is 17.9. The van der Waals surface area contributed by atoms with E-state index in [0.717, 1.165) is 18.7 Å². The first-order chi connectivity index (χ1) is 14.1. The van der Waals surface area contributed by atoms with Crippen LogP contribution in [0.15, 0.2) is 48.5 Å². The molecule has 0 saturated carbocycles. The van der Waals surface area contributed by atoms with Crippen molar-refractivity contribution >= 4 is 18.3 Å². The van der Waals surface area contributed by atoms with Crippen molar-refractivity contribution in [1.82, 2.24) is 9.80 Å². The number of methoxy groups -OCH3 is 2. The van der Waals surface area contributed by atoms with Crippen LogP contribution in [0.3, 0.4) is 0 Å². The average Bonchev–Trinajstić information content (AvgIpc) is 3.16. The standard InChI is InChI=1S/C23H31N3O3.ClH/c1-25(13-18-10-7-11-21(28-2)23(18)29-3)22(27)16-26-14-19(12-24)20(15-26)17-8-5-4-6-9-17;/h4-11,19-20H,12-16,24H2,1-3H3;1H/t19-,20+;/m1./s1. The van der Waals surface area contributed by atoms with Gasteiger partial charge in [0.15, 0.2) is 11.5 Å². The summed E-state index contributed by atoms with van der Waals surface area (Å²) in [4.78, 5) is 16.8. The summed E-state index contributed by atoms with van der Waals surface area (Å²) in [7, 11) is 5.05. The van der Waals surface area contributed by atoms with Gasteiger partial charge in [0, 0.05) is 38.2 Å². The molecule has 2 aromatic rings. The number of halogens is 1. The summed E-state index contributed by atoms with van der Waals surface area (Å²) in [5, 5.41) is 0. The van der Waals surface area contributed by atoms with Crippen LogP contribution in [0.4, 0.5) is 0 Å². The number of para-hydroxylation sites is 1. The molecule has 1 fully saturated rings. The van der Waals surface area contributed by atoms with Crippen LogP contribution in [0.2, 0.25) is 0 Å². The molecule has 0 bridgehead atoms. The highest BCUT2D eigenvalue weighted by Gasteiger charge is 2.34. The van der Waals surface area contributed by atoms with Crippen LogP contribution in [0.5, 0.6) is 11.5 Å². The Morgan fingerprint density at radius 1 is 1.10 bits per heavy atom. The van der Waals surface area contributed by atoms with Gasteiger partial charge in [-0.15, -0.1) is 12.4 Å². The average molecular weight is 434 g/mol. The number of amides is 1. The van der Waals surface area contributed by atoms with Crippen LogP contribution < -0.4 is 15.2 Å². The van der Waals surface area contributed by atoms with Gasteiger partial charge in [-0.1, -0.05) is 42.5 Å². The highest BCUT2D eigenvalue weighted by atomic mass is 35.5. The van der Waals surface area contributed by atoms with E-state index < -0.39 is 0 Å². The summed E-state index contributed by atoms with van der Waals surface area (Å²) in [6.45, 7) is 3.19. The lowest BCUT2D eigenvalue weighted by atomic mass is 9.89. The van der Waals surface area contributed by atoms with Gasteiger partial charge in [-0.2, -0.15) is 0 Å². The number of benzene rings is 2. The third kappa shape index (κ3) is 5.45. The quantitative estimate of drug-likeness (QED) is 0.693. The van der Waals surface area contributed by atoms with E-state index in [1.54, 1.807) is 19.1 Å². The number of carbonyl (C=O) groups is 1. The number of likely N-dealkylation sites (tertiary alicyclic amines) is 1. The summed E-state index contributed by atoms with van der Waals surface area (Å²) in [5.41, 5.74) is 8.25. The minimum absolute atomic E-state index is 0. The number of hydrogen-bond donors (Lipinski definition) is 1. The molecule has 1 amide bonds. The molecule has 164 valence electrons. The third-order valence-electron chi connectivity index (χ3n) is 5.72. The summed E-state index contributed by atoms with van der Waals surface area (Å²) in [6, 6.07) is 16.2. The number of likely N-dealkylation sites (N-methyl/N-ethyl adjacent to an activating group) is 1. The van der Waals surface area contributed by atoms with Gasteiger partial charge in [-0.3, -0.25) is 9.69 Å². The van der Waals surface area contributed by atoms with E-state index in [2.05, 4.69) is 29.2 Å². The fourth-order valence-electron chi connectivity index (χ4n) is 4.14. The van der Waals surface area contributed by atoms with Crippen molar-refractivity contribution in [3.8, 4) is 11.5 Å². The Kier molecular flexibility index (Phi) is 8.96. The van der Waals surface area contributed by atoms with Gasteiger partial charge in [-0.25, -0.2) is 0 Å². The Morgan fingerprint density at radius 2 is 1.83 bits per heavy atom. The van der Waals surface area contributed by atoms with Crippen molar-refractivity contribution in [2.75, 3.05) is 47.4 Å². The summed E-state index contributed by atoms with van der Waals surface area (Å²) < 4.78 is 10.8. The van der Waals surface area contributed by atoms with Crippen molar-refractivity contribution in [3.63, 3.8) is 0 Å². The minimum atomic E-state index is 0. The van der Waals surface area contributed by atoms with E-state index in [1.807, 2.05) is 31.3 Å². The number of nitrogens with zero attached hydrogens (tertiary/aromatic N) is 2. The van der Waals surface area contributed by atoms with Crippen LogP contribution in [0.25, 0.3) is 0 Å². The first-order valence-electron chi connectivity index (χ1n) is 9.98. The van der Waals surface area contributed by atoms with E-state index in [4.69, 9.17) is 15.2 Å². The van der Waals surface area contributed by atoms with Gasteiger partial charge in [0.2, 0.25) is 5.91 Å². The summed E-state index contributed by atoms with van der Waals surface area (Å²) in [5.74, 6) is 2.16. The largest absolute Gasteiger partial charge is 0.493 e. The highest BCUT2D eigenvalue weighted by Crippen LogP contribution is 2.33. The Labute approximate surface area is 185 Å². The van der Waals surface area contributed by atoms with Gasteiger partial charge in [0.25, 0.3) is 0 Å². The molecule has 3 rings (SSSR count). The van der Waals surface area contributed by atoms with E-state index in [9.17, 15) is 4.79 Å². The SMILES string of the molecule is COc1cccc(CN(C)C(=O)CN2C[C@@H](CN)[C@H](c3ccccc3)C2)c1OC.Cl. The molecule has 0 aliphatic carbocycles. The van der Waals surface area contributed by atoms with Crippen molar-refractivity contribution in [1.29, 1.82) is 0 Å². The molecule has 1 heterocycles. The zero-order valence-corrected chi connectivity index (χ0v) is 18.7. The fourth-order valence-corrected chi connectivity index (χ4v) is 4.14. The second kappa shape index (κ2) is 11.2. The molecule has 2 N–H and O–H groups in total. The molecule has 1 saturated heterocycles. The molecular formula is C23H32ClN3O3. The van der Waals surface area contributed by atoms with Crippen molar-refractivity contribution < 1.29 is 14.3 Å². The van der Waals surface area contributed by atoms with Crippen LogP contribution >= 0.6 is 12.4 Å². The molecule has 6 nitrogen and oxygen atoms in total. The molecule has 7 heteroatoms. The third-order valence-corrected chi connectivity index (χ3v) is 5.72. The Balaban J connectivity index is 0.00000320. The summed E-state index contributed by atoms with van der Waals surface area (Å²) in [6.07, 6.45) is 0. The smallest absolute Gasteiger partial charge is 0.236 e. The summed E-state index contributed by atoms with van der Waals surface area (Å²) >= 11 is 0. The first-order valence-corrected chi connectivity index (χ1v) is 9.98. The molecule has 0 unspecified atom stereocenters. The topological polar surface area (TPSA) is 68.0 Å². The number of nitrogens with two attached hydrogens (primary N) is 1. The number of hydrogen-bond acceptors (Lipinski definition) is 5. The van der Waals surface area contributed by atoms with Gasteiger partial charge >= 0.3 is 0 Å². The number of carbonyl (C=O) groups excluding carboxylic acids is 1. The maximum absolute atomic E-state index is 12.9. The highest BCUT2D eigenvalue weighted by molar-refractivity contribution is 5.85. The molecule has 1 aliphatic heterocycles. The molecule has 2 aromatic carbocycles. The van der Waals surface area contributed by atoms with E-state index >= 15 is 0 Å². The van der Waals surface area contributed by atoms with Gasteiger partial charge < -0.3 is 20.1 Å². The second-order valence-corrected chi connectivity index (χ2v) is 7.61. The fraction of sp³-hybridized carbons (Fsp3) is 0.435. The van der Waals surface area contributed by atoms with Gasteiger partial charge in [-0.05, 0) is 24.1 Å². The normalized spacial score (nSPS) is 18.5. The molecule has 2 atom stereocenters. The molecular weight excluding hydrogens is 402 g/mol. The van der Waals surface area contributed by atoms with E-state index in [0.29, 0.717) is 43.0 Å². The number of rotatable bonds is 8. The lowest BCUT2D eigenvalue weighted by Gasteiger charge is -2.23. The molecule has 1 aliphatic rings. The Morgan fingerprint density at radius 3 is 2.47 bits per heavy atom. The van der Waals surface area contributed by atoms with Gasteiger partial charge in [0.1, 0.15) is 0 Å². The second-order valence-electron chi connectivity index (χ2n) is 7.61. The van der Waals surface area contributed by atoms with Crippen LogP contribution in [0.1, 0.15) is 17.0 Å². The van der Waals surface area contributed by atoms with E-state index in [-0.39, 0.29) is 18.3 Å². The minimum Gasteiger partial charge on any atom is -0.493 e. The number of ether oxygens (including phenoxy) is 2. The van der Waals surface area contributed by atoms with Crippen molar-refractivity contribution in [3.05, 3.63) is 59.7 Å². The zero-order chi connectivity index (χ0) is 20.8. The maximum atomic E-state index is 12.9. The van der Waals surface area contributed by atoms with Crippen LogP contribution in [-0.4, -0.2) is 63.2 Å². The molecule has 0 radical (unpaired) electrons. The van der Waals surface area contributed by atoms with E-state index in [1.165, 1.54) is 5.56 Å². The lowest BCUT2D eigenvalue weighted by Crippen LogP contribution is -2.37. The predicted molar refractivity (Wildman–Crippen MR) is 121 cm³/mol.